The maximum absolute atomic E-state index is 12.0. The predicted octanol–water partition coefficient (Wildman–Crippen LogP) is 2.96. The van der Waals surface area contributed by atoms with Gasteiger partial charge in [0, 0.05) is 12.5 Å². The van der Waals surface area contributed by atoms with E-state index in [1.54, 1.807) is 0 Å². The number of halogens is 1. The van der Waals surface area contributed by atoms with Gasteiger partial charge >= 0.3 is 0 Å². The lowest BCUT2D eigenvalue weighted by Gasteiger charge is -2.20. The highest BCUT2D eigenvalue weighted by molar-refractivity contribution is 6.32. The summed E-state index contributed by atoms with van der Waals surface area (Å²) in [5.41, 5.74) is 1.05. The van der Waals surface area contributed by atoms with Gasteiger partial charge in [-0.25, -0.2) is 0 Å². The fourth-order valence-electron chi connectivity index (χ4n) is 2.97. The summed E-state index contributed by atoms with van der Waals surface area (Å²) < 4.78 is 11.0. The Hall–Kier alpha value is -1.42. The minimum Gasteiger partial charge on any atom is -0.486 e. The number of nitrogens with one attached hydrogen (secondary N) is 1. The van der Waals surface area contributed by atoms with Crippen molar-refractivity contribution in [2.24, 2.45) is 5.92 Å². The van der Waals surface area contributed by atoms with Crippen LogP contribution >= 0.6 is 11.6 Å². The summed E-state index contributed by atoms with van der Waals surface area (Å²) in [6.45, 7) is 1.71. The van der Waals surface area contributed by atoms with Crippen molar-refractivity contribution in [3.63, 3.8) is 0 Å². The molecule has 1 saturated carbocycles. The van der Waals surface area contributed by atoms with E-state index in [1.165, 1.54) is 12.8 Å². The Labute approximate surface area is 129 Å². The Bertz CT molecular complexity index is 526. The minimum absolute atomic E-state index is 0.191. The van der Waals surface area contributed by atoms with Crippen molar-refractivity contribution in [3.8, 4) is 11.5 Å². The van der Waals surface area contributed by atoms with Gasteiger partial charge in [-0.3, -0.25) is 4.79 Å². The van der Waals surface area contributed by atoms with E-state index in [0.29, 0.717) is 36.3 Å². The van der Waals surface area contributed by atoms with Gasteiger partial charge in [-0.2, -0.15) is 0 Å². The van der Waals surface area contributed by atoms with Gasteiger partial charge in [0.2, 0.25) is 5.91 Å². The Morgan fingerprint density at radius 3 is 2.81 bits per heavy atom. The molecule has 1 amide bonds. The molecule has 1 N–H and O–H groups in total. The van der Waals surface area contributed by atoms with Crippen LogP contribution in [0, 0.1) is 5.92 Å². The van der Waals surface area contributed by atoms with Crippen molar-refractivity contribution in [1.29, 1.82) is 0 Å². The highest BCUT2D eigenvalue weighted by Gasteiger charge is 2.22. The van der Waals surface area contributed by atoms with Crippen LogP contribution in [-0.4, -0.2) is 25.7 Å². The number of fused-ring (bicyclic) bond motifs is 1. The zero-order valence-electron chi connectivity index (χ0n) is 12.0. The second-order valence-electron chi connectivity index (χ2n) is 5.62. The fourth-order valence-corrected chi connectivity index (χ4v) is 3.26. The van der Waals surface area contributed by atoms with Crippen molar-refractivity contribution >= 4 is 17.5 Å². The zero-order valence-corrected chi connectivity index (χ0v) is 12.7. The molecule has 1 heterocycles. The molecule has 0 atom stereocenters. The lowest BCUT2D eigenvalue weighted by atomic mass is 10.1. The molecule has 4 nitrogen and oxygen atoms in total. The average Bonchev–Trinajstić information content (AvgIpc) is 3.01. The molecular formula is C16H20ClNO3. The molecule has 21 heavy (non-hydrogen) atoms. The molecular weight excluding hydrogens is 290 g/mol. The van der Waals surface area contributed by atoms with Gasteiger partial charge in [-0.1, -0.05) is 24.4 Å². The molecule has 0 unspecified atom stereocenters. The Morgan fingerprint density at radius 2 is 2.00 bits per heavy atom. The smallest absolute Gasteiger partial charge is 0.223 e. The SMILES string of the molecule is O=C(NCCc1cc(Cl)c2c(c1)OCCO2)C1CCCC1. The number of amides is 1. The van der Waals surface area contributed by atoms with Crippen LogP contribution in [0.3, 0.4) is 0 Å². The molecule has 1 aliphatic carbocycles. The van der Waals surface area contributed by atoms with Gasteiger partial charge in [0.1, 0.15) is 13.2 Å². The van der Waals surface area contributed by atoms with E-state index in [1.807, 2.05) is 12.1 Å². The molecule has 0 spiro atoms. The standard InChI is InChI=1S/C16H20ClNO3/c17-13-9-11(10-14-15(13)21-8-7-20-14)5-6-18-16(19)12-3-1-2-4-12/h9-10,12H,1-8H2,(H,18,19). The van der Waals surface area contributed by atoms with Gasteiger partial charge in [-0.05, 0) is 37.0 Å². The number of hydrogen-bond acceptors (Lipinski definition) is 3. The molecule has 1 aromatic rings. The summed E-state index contributed by atoms with van der Waals surface area (Å²) in [7, 11) is 0. The Morgan fingerprint density at radius 1 is 1.24 bits per heavy atom. The largest absolute Gasteiger partial charge is 0.486 e. The predicted molar refractivity (Wildman–Crippen MR) is 81.1 cm³/mol. The number of ether oxygens (including phenoxy) is 2. The highest BCUT2D eigenvalue weighted by atomic mass is 35.5. The second-order valence-corrected chi connectivity index (χ2v) is 6.03. The maximum atomic E-state index is 12.0. The van der Waals surface area contributed by atoms with Crippen molar-refractivity contribution in [2.75, 3.05) is 19.8 Å². The number of carbonyl (C=O) groups excluding carboxylic acids is 1. The highest BCUT2D eigenvalue weighted by Crippen LogP contribution is 2.38. The van der Waals surface area contributed by atoms with Crippen LogP contribution in [0.4, 0.5) is 0 Å². The van der Waals surface area contributed by atoms with E-state index in [-0.39, 0.29) is 11.8 Å². The van der Waals surface area contributed by atoms with Crippen LogP contribution in [0.1, 0.15) is 31.2 Å². The normalized spacial score (nSPS) is 17.8. The molecule has 3 rings (SSSR count). The Kier molecular flexibility index (Phi) is 4.54. The molecule has 114 valence electrons. The molecule has 5 heteroatoms. The molecule has 1 aliphatic heterocycles. The van der Waals surface area contributed by atoms with Crippen molar-refractivity contribution < 1.29 is 14.3 Å². The fraction of sp³-hybridized carbons (Fsp3) is 0.562. The van der Waals surface area contributed by atoms with E-state index in [2.05, 4.69) is 5.32 Å². The summed E-state index contributed by atoms with van der Waals surface area (Å²) in [4.78, 5) is 12.0. The lowest BCUT2D eigenvalue weighted by Crippen LogP contribution is -2.30. The first-order chi connectivity index (χ1) is 10.2. The third-order valence-electron chi connectivity index (χ3n) is 4.10. The molecule has 0 aromatic heterocycles. The van der Waals surface area contributed by atoms with E-state index >= 15 is 0 Å². The third-order valence-corrected chi connectivity index (χ3v) is 4.38. The lowest BCUT2D eigenvalue weighted by molar-refractivity contribution is -0.124. The molecule has 2 aliphatic rings. The van der Waals surface area contributed by atoms with Gasteiger partial charge in [-0.15, -0.1) is 0 Å². The van der Waals surface area contributed by atoms with Gasteiger partial charge in [0.25, 0.3) is 0 Å². The van der Waals surface area contributed by atoms with Crippen LogP contribution in [0.2, 0.25) is 5.02 Å². The maximum Gasteiger partial charge on any atom is 0.223 e. The quantitative estimate of drug-likeness (QED) is 0.930. The van der Waals surface area contributed by atoms with Crippen LogP contribution in [0.25, 0.3) is 0 Å². The van der Waals surface area contributed by atoms with Crippen LogP contribution in [0.5, 0.6) is 11.5 Å². The van der Waals surface area contributed by atoms with Crippen LogP contribution in [0.15, 0.2) is 12.1 Å². The first kappa shape index (κ1) is 14.5. The molecule has 0 bridgehead atoms. The molecule has 0 saturated heterocycles. The summed E-state index contributed by atoms with van der Waals surface area (Å²) in [5, 5.41) is 3.59. The third kappa shape index (κ3) is 3.43. The van der Waals surface area contributed by atoms with Gasteiger partial charge < -0.3 is 14.8 Å². The first-order valence-corrected chi connectivity index (χ1v) is 7.97. The molecule has 1 fully saturated rings. The summed E-state index contributed by atoms with van der Waals surface area (Å²) in [6, 6.07) is 3.83. The van der Waals surface area contributed by atoms with E-state index in [0.717, 1.165) is 24.8 Å². The topological polar surface area (TPSA) is 47.6 Å². The van der Waals surface area contributed by atoms with Crippen molar-refractivity contribution in [2.45, 2.75) is 32.1 Å². The van der Waals surface area contributed by atoms with E-state index in [9.17, 15) is 4.79 Å². The summed E-state index contributed by atoms with van der Waals surface area (Å²) >= 11 is 6.20. The number of benzene rings is 1. The first-order valence-electron chi connectivity index (χ1n) is 7.60. The number of carbonyl (C=O) groups is 1. The van der Waals surface area contributed by atoms with E-state index in [4.69, 9.17) is 21.1 Å². The minimum atomic E-state index is 0.191. The average molecular weight is 310 g/mol. The van der Waals surface area contributed by atoms with Crippen LogP contribution < -0.4 is 14.8 Å². The monoisotopic (exact) mass is 309 g/mol. The van der Waals surface area contributed by atoms with Crippen molar-refractivity contribution in [3.05, 3.63) is 22.7 Å². The second kappa shape index (κ2) is 6.56. The zero-order chi connectivity index (χ0) is 14.7. The van der Waals surface area contributed by atoms with Crippen LogP contribution in [-0.2, 0) is 11.2 Å². The van der Waals surface area contributed by atoms with Gasteiger partial charge in [0.15, 0.2) is 11.5 Å². The van der Waals surface area contributed by atoms with Gasteiger partial charge in [0.05, 0.1) is 5.02 Å². The molecule has 0 radical (unpaired) electrons. The number of rotatable bonds is 4. The summed E-state index contributed by atoms with van der Waals surface area (Å²) in [6.07, 6.45) is 5.16. The van der Waals surface area contributed by atoms with E-state index < -0.39 is 0 Å². The Balaban J connectivity index is 1.55. The van der Waals surface area contributed by atoms with Crippen molar-refractivity contribution in [1.82, 2.24) is 5.32 Å². The molecule has 1 aromatic carbocycles. The summed E-state index contributed by atoms with van der Waals surface area (Å²) in [5.74, 6) is 1.73. The number of hydrogen-bond donors (Lipinski definition) is 1.